The van der Waals surface area contributed by atoms with E-state index >= 15 is 0 Å². The summed E-state index contributed by atoms with van der Waals surface area (Å²) in [6.45, 7) is 38.6. The number of thioether (sulfide) groups is 1. The van der Waals surface area contributed by atoms with Gasteiger partial charge >= 0.3 is 29.8 Å². The highest BCUT2D eigenvalue weighted by Crippen LogP contribution is 2.39. The van der Waals surface area contributed by atoms with Gasteiger partial charge in [0.2, 0.25) is 0 Å². The lowest BCUT2D eigenvalue weighted by Crippen LogP contribution is -2.28. The van der Waals surface area contributed by atoms with Crippen molar-refractivity contribution in [3.63, 3.8) is 0 Å². The van der Waals surface area contributed by atoms with Crippen molar-refractivity contribution in [2.45, 2.75) is 187 Å². The monoisotopic (exact) mass is 2180 g/mol. The molecule has 1 aliphatic rings. The topological polar surface area (TPSA) is 308 Å². The van der Waals surface area contributed by atoms with E-state index in [2.05, 4.69) is 115 Å². The Kier molecular flexibility index (Phi) is 52.5. The maximum Gasteiger partial charge on any atom is 0.302 e. The predicted octanol–water partition coefficient (Wildman–Crippen LogP) is 21.4. The summed E-state index contributed by atoms with van der Waals surface area (Å²) in [5, 5.41) is 0. The summed E-state index contributed by atoms with van der Waals surface area (Å²) < 4.78 is 65.6. The minimum atomic E-state index is -1.47. The summed E-state index contributed by atoms with van der Waals surface area (Å²) in [7, 11) is -1.47. The normalized spacial score (nSPS) is 12.2. The summed E-state index contributed by atoms with van der Waals surface area (Å²) in [5.74, 6) is 2.68. The second-order valence-corrected chi connectivity index (χ2v) is 48.4. The van der Waals surface area contributed by atoms with Crippen molar-refractivity contribution in [2.75, 3.05) is 105 Å². The van der Waals surface area contributed by atoms with Gasteiger partial charge in [0.05, 0.1) is 59.1 Å². The number of Topliss-reactive ketones (excluding diaryl/α,β-unsaturated/α-hetero) is 6. The van der Waals surface area contributed by atoms with E-state index in [1.165, 1.54) is 34.6 Å². The summed E-state index contributed by atoms with van der Waals surface area (Å²) in [6, 6.07) is 39.1. The zero-order valence-electron chi connectivity index (χ0n) is 74.7. The Labute approximate surface area is 797 Å². The van der Waals surface area contributed by atoms with E-state index in [-0.39, 0.29) is 104 Å². The summed E-state index contributed by atoms with van der Waals surface area (Å²) in [6.07, 6.45) is 3.50. The fourth-order valence-electron chi connectivity index (χ4n) is 10.3. The summed E-state index contributed by atoms with van der Waals surface area (Å²) in [4.78, 5) is 126. The first-order valence-corrected chi connectivity index (χ1v) is 49.6. The van der Waals surface area contributed by atoms with Gasteiger partial charge in [-0.3, -0.25) is 52.7 Å². The standard InChI is InChI=1S/C17H23BrO5.C16H20Br2O5.C16H19ClO4.C15H23BrO3Si.C14H17BrO4.C14H17BrO3S/c1-12-11-14(16(20)17(3,4)18)5-6-15(12)23-10-8-21-7-9-22-13(2)19;1-11(19)22-8-6-21-7-9-23-14-5-4-12(10-13(14)17)15(20)16(2,3)18;1-12(18)20-10-11-21-14-6-4-13(5-7-14)15(19)16(17)8-2-3-9-16;1-15(2,16)14(17)12-6-8-13(9-7-12)18-10-11-19-20(3,4)5;2*1-10(16)18-8-9-19-12-6-4-11(5-7-12)13(17)14(2,3)15/h5-6,11H,7-10H2,1-4H3;4-5,10H,6-9H2,1-3H3;4-7H,2-3,8-11H2,1H3;6-9H,10-11H2,1-5H3;2*4-7H,8-9H2,1-3H3. The molecule has 6 aromatic carbocycles. The fourth-order valence-corrected chi connectivity index (χ4v) is 13.8. The molecule has 7 rings (SSSR count). The third kappa shape index (κ3) is 49.6. The van der Waals surface area contributed by atoms with Gasteiger partial charge < -0.3 is 61.3 Å². The maximum absolute atomic E-state index is 12.4. The molecule has 690 valence electrons. The highest BCUT2D eigenvalue weighted by molar-refractivity contribution is 9.11. The molecule has 33 heteroatoms. The van der Waals surface area contributed by atoms with E-state index in [1.807, 2.05) is 90.9 Å². The Balaban J connectivity index is 0.000000509. The number of carbonyl (C=O) groups is 11. The van der Waals surface area contributed by atoms with Crippen LogP contribution in [-0.2, 0) is 61.6 Å². The number of carbonyl (C=O) groups excluding carboxylic acids is 11. The number of ketones is 6. The molecule has 0 aromatic heterocycles. The van der Waals surface area contributed by atoms with Crippen LogP contribution >= 0.6 is 119 Å². The fraction of sp³-hybridized carbons (Fsp3) is 0.489. The van der Waals surface area contributed by atoms with Gasteiger partial charge in [-0.05, 0) is 251 Å². The van der Waals surface area contributed by atoms with Crippen molar-refractivity contribution in [3.8, 4) is 28.7 Å². The van der Waals surface area contributed by atoms with E-state index in [0.29, 0.717) is 120 Å². The molecule has 0 atom stereocenters. The minimum absolute atomic E-state index is 0.00134. The average molecular weight is 2180 g/mol. The van der Waals surface area contributed by atoms with Crippen LogP contribution in [0.3, 0.4) is 0 Å². The van der Waals surface area contributed by atoms with Crippen molar-refractivity contribution in [2.24, 2.45) is 0 Å². The van der Waals surface area contributed by atoms with Gasteiger partial charge in [-0.1, -0.05) is 105 Å². The maximum atomic E-state index is 12.4. The lowest BCUT2D eigenvalue weighted by atomic mass is 9.95. The number of ether oxygens (including phenoxy) is 12. The Morgan fingerprint density at radius 3 is 0.976 bits per heavy atom. The van der Waals surface area contributed by atoms with Crippen LogP contribution in [0.2, 0.25) is 19.6 Å². The lowest BCUT2D eigenvalue weighted by molar-refractivity contribution is -0.143. The third-order valence-electron chi connectivity index (χ3n) is 16.5. The highest BCUT2D eigenvalue weighted by atomic mass is 79.9. The van der Waals surface area contributed by atoms with Gasteiger partial charge in [0, 0.05) is 78.6 Å². The largest absolute Gasteiger partial charge is 0.491 e. The number of aryl methyl sites for hydroxylation is 1. The minimum Gasteiger partial charge on any atom is -0.491 e. The second-order valence-electron chi connectivity index (χ2n) is 31.2. The van der Waals surface area contributed by atoms with Crippen LogP contribution in [0.4, 0.5) is 0 Å². The molecule has 0 N–H and O–H groups in total. The molecule has 0 spiro atoms. The van der Waals surface area contributed by atoms with Crippen LogP contribution in [-0.4, -0.2) is 204 Å². The van der Waals surface area contributed by atoms with Crippen molar-refractivity contribution >= 4 is 192 Å². The van der Waals surface area contributed by atoms with E-state index in [0.717, 1.165) is 47.6 Å². The number of esters is 5. The van der Waals surface area contributed by atoms with Crippen LogP contribution in [0.5, 0.6) is 28.7 Å². The molecule has 0 radical (unpaired) electrons. The molecular weight excluding hydrogens is 2060 g/mol. The number of benzene rings is 6. The van der Waals surface area contributed by atoms with Gasteiger partial charge in [-0.2, -0.15) is 0 Å². The molecule has 0 bridgehead atoms. The number of halogens is 7. The second kappa shape index (κ2) is 57.4. The van der Waals surface area contributed by atoms with Gasteiger partial charge in [-0.25, -0.2) is 0 Å². The van der Waals surface area contributed by atoms with Crippen LogP contribution < -0.4 is 23.7 Å². The molecule has 1 saturated carbocycles. The molecule has 24 nitrogen and oxygen atoms in total. The van der Waals surface area contributed by atoms with Crippen LogP contribution in [0.15, 0.2) is 143 Å². The summed E-state index contributed by atoms with van der Waals surface area (Å²) in [5.41, 5.74) is 4.74. The highest BCUT2D eigenvalue weighted by Gasteiger charge is 2.39. The van der Waals surface area contributed by atoms with Crippen LogP contribution in [0.1, 0.15) is 197 Å². The van der Waals surface area contributed by atoms with Gasteiger partial charge in [-0.15, -0.1) is 23.4 Å². The molecule has 6 aromatic rings. The molecule has 0 unspecified atom stereocenters. The molecule has 125 heavy (non-hydrogen) atoms. The number of rotatable bonds is 43. The Bertz CT molecular complexity index is 4200. The number of alkyl halides is 6. The van der Waals surface area contributed by atoms with Crippen molar-refractivity contribution in [1.29, 1.82) is 0 Å². The number of hydrogen-bond donors (Lipinski definition) is 0. The SMILES string of the molecule is CC(=O)OCCOCCOc1ccc(C(=O)C(C)(C)Br)cc1Br.CC(=O)OCCOCCOc1ccc(C(=O)C(C)(C)Br)cc1C.CC(=O)OCCOc1ccc(C(=O)C(C)(C)Br)cc1.CC(=O)OCCOc1ccc(C(=O)C2(Cl)CCCC2)cc1.CC(=O)OCCSc1ccc(C(=O)C(C)(C)Br)cc1.CC(C)(Br)C(=O)c1ccc(OCCO[Si](C)(C)C)cc1. The molecule has 0 aliphatic heterocycles. The predicted molar refractivity (Wildman–Crippen MR) is 511 cm³/mol. The average Bonchev–Trinajstić information content (AvgIpc) is 1.76. The van der Waals surface area contributed by atoms with Crippen molar-refractivity contribution in [3.05, 3.63) is 177 Å². The quantitative estimate of drug-likeness (QED) is 0.00653. The van der Waals surface area contributed by atoms with E-state index in [9.17, 15) is 52.7 Å². The Morgan fingerprint density at radius 2 is 0.640 bits per heavy atom. The first kappa shape index (κ1) is 114. The Hall–Kier alpha value is -6.69. The van der Waals surface area contributed by atoms with Crippen LogP contribution in [0, 0.1) is 6.92 Å². The third-order valence-corrected chi connectivity index (χ3v) is 21.5. The van der Waals surface area contributed by atoms with Crippen molar-refractivity contribution in [1.82, 2.24) is 0 Å². The molecule has 1 fully saturated rings. The zero-order valence-corrected chi connectivity index (χ0v) is 86.8. The Morgan fingerprint density at radius 1 is 0.360 bits per heavy atom. The zero-order chi connectivity index (χ0) is 94.5. The lowest BCUT2D eigenvalue weighted by Gasteiger charge is -2.19. The summed E-state index contributed by atoms with van der Waals surface area (Å²) >= 11 is 28.2. The smallest absolute Gasteiger partial charge is 0.302 e. The van der Waals surface area contributed by atoms with Crippen molar-refractivity contribution < 1.29 is 114 Å². The van der Waals surface area contributed by atoms with Gasteiger partial charge in [0.15, 0.2) is 43.0 Å². The van der Waals surface area contributed by atoms with Gasteiger partial charge in [0.1, 0.15) is 99.7 Å². The molecule has 0 heterocycles. The van der Waals surface area contributed by atoms with Gasteiger partial charge in [0.25, 0.3) is 0 Å². The molecular formula is C92H119Br6ClO24SSi. The van der Waals surface area contributed by atoms with E-state index < -0.39 is 34.8 Å². The molecule has 0 saturated heterocycles. The first-order chi connectivity index (χ1) is 58.1. The van der Waals surface area contributed by atoms with E-state index in [1.54, 1.807) is 130 Å². The molecule has 0 amide bonds. The molecule has 1 aliphatic carbocycles. The van der Waals surface area contributed by atoms with E-state index in [4.69, 9.17) is 72.9 Å². The number of hydrogen-bond acceptors (Lipinski definition) is 25. The van der Waals surface area contributed by atoms with Crippen LogP contribution in [0.25, 0.3) is 0 Å². The first-order valence-electron chi connectivity index (χ1n) is 40.1.